The zero-order chi connectivity index (χ0) is 21.3. The van der Waals surface area contributed by atoms with Crippen LogP contribution in [0.3, 0.4) is 0 Å². The van der Waals surface area contributed by atoms with Crippen LogP contribution in [-0.2, 0) is 14.4 Å². The van der Waals surface area contributed by atoms with E-state index in [-0.39, 0.29) is 6.42 Å². The monoisotopic (exact) mass is 389 g/mol. The van der Waals surface area contributed by atoms with Gasteiger partial charge in [0, 0.05) is 19.0 Å². The van der Waals surface area contributed by atoms with Gasteiger partial charge < -0.3 is 15.7 Å². The fourth-order valence-corrected chi connectivity index (χ4v) is 2.45. The third kappa shape index (κ3) is 6.68. The zero-order valence-corrected chi connectivity index (χ0v) is 16.4. The Bertz CT molecular complexity index is 747. The van der Waals surface area contributed by atoms with Gasteiger partial charge in [0.25, 0.3) is 5.91 Å². The van der Waals surface area contributed by atoms with Crippen molar-refractivity contribution in [3.8, 4) is 11.8 Å². The first kappa shape index (κ1) is 23.1. The van der Waals surface area contributed by atoms with Crippen LogP contribution >= 0.6 is 0 Å². The SMILES string of the molecule is CNC(=O)[C@@H](NC(=O)[C@H](CC#Cc1ccccc1)[C@H](O)C(=O)NO)C(C)(C)C. The Balaban J connectivity index is 3.06. The number of hydrogen-bond donors (Lipinski definition) is 5. The number of carbonyl (C=O) groups excluding carboxylic acids is 3. The van der Waals surface area contributed by atoms with E-state index in [2.05, 4.69) is 22.5 Å². The first-order chi connectivity index (χ1) is 13.1. The maximum atomic E-state index is 12.7. The molecule has 0 unspecified atom stereocenters. The molecule has 1 aromatic carbocycles. The molecular weight excluding hydrogens is 362 g/mol. The van der Waals surface area contributed by atoms with Crippen LogP contribution in [0.2, 0.25) is 0 Å². The summed E-state index contributed by atoms with van der Waals surface area (Å²) in [7, 11) is 1.45. The summed E-state index contributed by atoms with van der Waals surface area (Å²) in [6, 6.07) is 8.11. The average Bonchev–Trinajstić information content (AvgIpc) is 2.67. The molecule has 8 heteroatoms. The highest BCUT2D eigenvalue weighted by molar-refractivity contribution is 5.92. The van der Waals surface area contributed by atoms with Crippen LogP contribution in [0.25, 0.3) is 0 Å². The molecule has 0 fully saturated rings. The number of aliphatic hydroxyl groups excluding tert-OH is 1. The molecule has 0 saturated carbocycles. The van der Waals surface area contributed by atoms with Crippen LogP contribution in [0.4, 0.5) is 0 Å². The van der Waals surface area contributed by atoms with Gasteiger partial charge in [-0.25, -0.2) is 5.48 Å². The summed E-state index contributed by atoms with van der Waals surface area (Å²) in [5, 5.41) is 24.0. The van der Waals surface area contributed by atoms with Gasteiger partial charge in [0.15, 0.2) is 0 Å². The Kier molecular flexibility index (Phi) is 8.64. The van der Waals surface area contributed by atoms with Gasteiger partial charge in [0.2, 0.25) is 11.8 Å². The van der Waals surface area contributed by atoms with Crippen LogP contribution < -0.4 is 16.1 Å². The van der Waals surface area contributed by atoms with Gasteiger partial charge in [-0.1, -0.05) is 50.8 Å². The third-order valence-electron chi connectivity index (χ3n) is 4.09. The fraction of sp³-hybridized carbons (Fsp3) is 0.450. The van der Waals surface area contributed by atoms with Crippen molar-refractivity contribution in [1.29, 1.82) is 0 Å². The van der Waals surface area contributed by atoms with Gasteiger partial charge in [-0.05, 0) is 17.5 Å². The number of hydrogen-bond acceptors (Lipinski definition) is 5. The lowest BCUT2D eigenvalue weighted by Gasteiger charge is -2.31. The molecule has 0 heterocycles. The summed E-state index contributed by atoms with van der Waals surface area (Å²) in [6.45, 7) is 5.32. The van der Waals surface area contributed by atoms with E-state index >= 15 is 0 Å². The highest BCUT2D eigenvalue weighted by Gasteiger charge is 2.37. The summed E-state index contributed by atoms with van der Waals surface area (Å²) in [5.74, 6) is 2.07. The van der Waals surface area contributed by atoms with Gasteiger partial charge in [0.05, 0.1) is 5.92 Å². The molecule has 28 heavy (non-hydrogen) atoms. The second-order valence-corrected chi connectivity index (χ2v) is 7.32. The Morgan fingerprint density at radius 3 is 2.18 bits per heavy atom. The van der Waals surface area contributed by atoms with Crippen molar-refractivity contribution in [2.45, 2.75) is 39.3 Å². The lowest BCUT2D eigenvalue weighted by molar-refractivity contribution is -0.146. The van der Waals surface area contributed by atoms with Crippen LogP contribution in [-0.4, -0.2) is 47.2 Å². The van der Waals surface area contributed by atoms with E-state index in [0.717, 1.165) is 0 Å². The predicted octanol–water partition coefficient (Wildman–Crippen LogP) is 0.188. The normalized spacial score (nSPS) is 13.9. The maximum absolute atomic E-state index is 12.7. The standard InChI is InChI=1S/C20H27N3O5/c1-20(2,3)16(19(27)21-4)22-17(25)14(15(24)18(26)23-28)12-8-11-13-9-6-5-7-10-13/h5-7,9-10,14-16,24,28H,12H2,1-4H3,(H,21,27)(H,22,25)(H,23,26)/t14-,15+,16-/m1/s1. The number of rotatable bonds is 6. The highest BCUT2D eigenvalue weighted by Crippen LogP contribution is 2.21. The third-order valence-corrected chi connectivity index (χ3v) is 4.09. The van der Waals surface area contributed by atoms with Crippen molar-refractivity contribution >= 4 is 17.7 Å². The van der Waals surface area contributed by atoms with E-state index in [1.165, 1.54) is 12.5 Å². The van der Waals surface area contributed by atoms with E-state index in [1.807, 2.05) is 6.07 Å². The lowest BCUT2D eigenvalue weighted by Crippen LogP contribution is -2.56. The molecule has 0 bridgehead atoms. The van der Waals surface area contributed by atoms with Crippen molar-refractivity contribution in [1.82, 2.24) is 16.1 Å². The summed E-state index contributed by atoms with van der Waals surface area (Å²) in [6.07, 6.45) is -1.99. The maximum Gasteiger partial charge on any atom is 0.273 e. The van der Waals surface area contributed by atoms with Crippen molar-refractivity contribution in [3.05, 3.63) is 35.9 Å². The van der Waals surface area contributed by atoms with Gasteiger partial charge in [-0.3, -0.25) is 19.6 Å². The minimum Gasteiger partial charge on any atom is -0.382 e. The van der Waals surface area contributed by atoms with Crippen molar-refractivity contribution in [3.63, 3.8) is 0 Å². The Hall–Kier alpha value is -2.89. The molecule has 0 saturated heterocycles. The van der Waals surface area contributed by atoms with E-state index < -0.39 is 41.2 Å². The molecule has 3 atom stereocenters. The number of aliphatic hydroxyl groups is 1. The first-order valence-corrected chi connectivity index (χ1v) is 8.79. The van der Waals surface area contributed by atoms with Crippen LogP contribution in [0.15, 0.2) is 30.3 Å². The van der Waals surface area contributed by atoms with Crippen molar-refractivity contribution < 1.29 is 24.7 Å². The van der Waals surface area contributed by atoms with E-state index in [4.69, 9.17) is 5.21 Å². The average molecular weight is 389 g/mol. The van der Waals surface area contributed by atoms with Crippen molar-refractivity contribution in [2.24, 2.45) is 11.3 Å². The minimum absolute atomic E-state index is 0.153. The molecular formula is C20H27N3O5. The van der Waals surface area contributed by atoms with Gasteiger partial charge in [-0.2, -0.15) is 0 Å². The second kappa shape index (κ2) is 10.4. The molecule has 8 nitrogen and oxygen atoms in total. The minimum atomic E-state index is -1.83. The van der Waals surface area contributed by atoms with Gasteiger partial charge in [0.1, 0.15) is 12.1 Å². The van der Waals surface area contributed by atoms with Crippen LogP contribution in [0.1, 0.15) is 32.8 Å². The van der Waals surface area contributed by atoms with E-state index in [9.17, 15) is 19.5 Å². The number of carbonyl (C=O) groups is 3. The molecule has 1 aromatic rings. The largest absolute Gasteiger partial charge is 0.382 e. The van der Waals surface area contributed by atoms with E-state index in [0.29, 0.717) is 5.56 Å². The molecule has 0 aliphatic heterocycles. The molecule has 0 aromatic heterocycles. The van der Waals surface area contributed by atoms with Gasteiger partial charge >= 0.3 is 0 Å². The molecule has 3 amide bonds. The summed E-state index contributed by atoms with van der Waals surface area (Å²) in [5.41, 5.74) is 1.43. The predicted molar refractivity (Wildman–Crippen MR) is 103 cm³/mol. The number of amides is 3. The second-order valence-electron chi connectivity index (χ2n) is 7.32. The molecule has 5 N–H and O–H groups in total. The smallest absolute Gasteiger partial charge is 0.273 e. The Morgan fingerprint density at radius 2 is 1.68 bits per heavy atom. The van der Waals surface area contributed by atoms with Crippen molar-refractivity contribution in [2.75, 3.05) is 7.05 Å². The summed E-state index contributed by atoms with van der Waals surface area (Å²) < 4.78 is 0. The molecule has 0 aliphatic rings. The molecule has 0 radical (unpaired) electrons. The van der Waals surface area contributed by atoms with Crippen LogP contribution in [0.5, 0.6) is 0 Å². The Morgan fingerprint density at radius 1 is 1.07 bits per heavy atom. The number of likely N-dealkylation sites (N-methyl/N-ethyl adjacent to an activating group) is 1. The number of benzene rings is 1. The highest BCUT2D eigenvalue weighted by atomic mass is 16.5. The van der Waals surface area contributed by atoms with Gasteiger partial charge in [-0.15, -0.1) is 0 Å². The molecule has 152 valence electrons. The lowest BCUT2D eigenvalue weighted by atomic mass is 9.85. The van der Waals surface area contributed by atoms with Crippen LogP contribution in [0, 0.1) is 23.2 Å². The topological polar surface area (TPSA) is 128 Å². The number of hydroxylamine groups is 1. The molecule has 1 rings (SSSR count). The quantitative estimate of drug-likeness (QED) is 0.270. The molecule has 0 spiro atoms. The molecule has 0 aliphatic carbocycles. The summed E-state index contributed by atoms with van der Waals surface area (Å²) in [4.78, 5) is 36.5. The summed E-state index contributed by atoms with van der Waals surface area (Å²) >= 11 is 0. The Labute approximate surface area is 164 Å². The zero-order valence-electron chi connectivity index (χ0n) is 16.4. The fourth-order valence-electron chi connectivity index (χ4n) is 2.45. The number of nitrogens with one attached hydrogen (secondary N) is 3. The van der Waals surface area contributed by atoms with E-state index in [1.54, 1.807) is 45.0 Å². The first-order valence-electron chi connectivity index (χ1n) is 8.79.